The number of hydrogen-bond acceptors (Lipinski definition) is 4. The summed E-state index contributed by atoms with van der Waals surface area (Å²) in [7, 11) is 0. The molecule has 108 valence electrons. The number of carbonyl (C=O) groups is 1. The molecule has 1 aromatic carbocycles. The average molecular weight is 281 g/mol. The zero-order chi connectivity index (χ0) is 14.7. The largest absolute Gasteiger partial charge is 0.398 e. The van der Waals surface area contributed by atoms with Crippen molar-refractivity contribution in [3.05, 3.63) is 59.9 Å². The minimum absolute atomic E-state index is 0.0841. The van der Waals surface area contributed by atoms with Gasteiger partial charge in [-0.05, 0) is 37.6 Å². The van der Waals surface area contributed by atoms with E-state index < -0.39 is 5.41 Å². The van der Waals surface area contributed by atoms with Gasteiger partial charge in [-0.2, -0.15) is 0 Å². The maximum Gasteiger partial charge on any atom is 0.177 e. The predicted molar refractivity (Wildman–Crippen MR) is 83.2 cm³/mol. The Labute approximate surface area is 124 Å². The van der Waals surface area contributed by atoms with Crippen LogP contribution in [0, 0.1) is 0 Å². The van der Waals surface area contributed by atoms with Crippen LogP contribution < -0.4 is 11.1 Å². The number of nitrogens with one attached hydrogen (secondary N) is 1. The SMILES string of the molecule is Nc1ccncc1C(=O)C1(c2ccccc2)CCNCC1. The number of benzene rings is 1. The fraction of sp³-hybridized carbons (Fsp3) is 0.294. The predicted octanol–water partition coefficient (Wildman–Crippen LogP) is 2.17. The molecule has 0 spiro atoms. The summed E-state index contributed by atoms with van der Waals surface area (Å²) in [6.45, 7) is 1.67. The van der Waals surface area contributed by atoms with Gasteiger partial charge in [0.2, 0.25) is 0 Å². The Morgan fingerprint density at radius 2 is 1.86 bits per heavy atom. The summed E-state index contributed by atoms with van der Waals surface area (Å²) in [6.07, 6.45) is 4.77. The average Bonchev–Trinajstić information content (AvgIpc) is 2.56. The molecule has 4 nitrogen and oxygen atoms in total. The lowest BCUT2D eigenvalue weighted by molar-refractivity contribution is 0.0848. The van der Waals surface area contributed by atoms with Gasteiger partial charge in [-0.25, -0.2) is 0 Å². The lowest BCUT2D eigenvalue weighted by atomic mass is 9.68. The quantitative estimate of drug-likeness (QED) is 0.846. The topological polar surface area (TPSA) is 68.0 Å². The van der Waals surface area contributed by atoms with E-state index in [0.717, 1.165) is 31.5 Å². The molecular weight excluding hydrogens is 262 g/mol. The lowest BCUT2D eigenvalue weighted by Crippen LogP contribution is -2.45. The van der Waals surface area contributed by atoms with Crippen LogP contribution in [-0.2, 0) is 5.41 Å². The number of piperidine rings is 1. The number of pyridine rings is 1. The molecule has 1 aliphatic rings. The highest BCUT2D eigenvalue weighted by Gasteiger charge is 2.42. The highest BCUT2D eigenvalue weighted by Crippen LogP contribution is 2.37. The van der Waals surface area contributed by atoms with Crippen molar-refractivity contribution in [3.8, 4) is 0 Å². The Kier molecular flexibility index (Phi) is 3.71. The molecule has 21 heavy (non-hydrogen) atoms. The number of ketones is 1. The fourth-order valence-electron chi connectivity index (χ4n) is 3.11. The molecule has 0 unspecified atom stereocenters. The van der Waals surface area contributed by atoms with Crippen LogP contribution in [0.5, 0.6) is 0 Å². The van der Waals surface area contributed by atoms with Gasteiger partial charge in [0.15, 0.2) is 5.78 Å². The third-order valence-electron chi connectivity index (χ3n) is 4.32. The molecule has 3 N–H and O–H groups in total. The molecule has 2 heterocycles. The highest BCUT2D eigenvalue weighted by molar-refractivity contribution is 6.07. The molecule has 3 rings (SSSR count). The summed E-state index contributed by atoms with van der Waals surface area (Å²) >= 11 is 0. The molecule has 1 aromatic heterocycles. The van der Waals surface area contributed by atoms with Gasteiger partial charge in [0.25, 0.3) is 0 Å². The van der Waals surface area contributed by atoms with Crippen molar-refractivity contribution in [3.63, 3.8) is 0 Å². The Morgan fingerprint density at radius 1 is 1.14 bits per heavy atom. The molecular formula is C17H19N3O. The van der Waals surface area contributed by atoms with Crippen molar-refractivity contribution >= 4 is 11.5 Å². The highest BCUT2D eigenvalue weighted by atomic mass is 16.1. The van der Waals surface area contributed by atoms with E-state index in [4.69, 9.17) is 5.73 Å². The Hall–Kier alpha value is -2.20. The number of aromatic nitrogens is 1. The standard InChI is InChI=1S/C17H19N3O/c18-15-6-9-20-12-14(15)16(21)17(7-10-19-11-8-17)13-4-2-1-3-5-13/h1-6,9,12,19H,7-8,10-11H2,(H2,18,20). The van der Waals surface area contributed by atoms with Gasteiger partial charge in [0, 0.05) is 18.1 Å². The monoisotopic (exact) mass is 281 g/mol. The van der Waals surface area contributed by atoms with E-state index >= 15 is 0 Å². The molecule has 1 aliphatic heterocycles. The Morgan fingerprint density at radius 3 is 2.52 bits per heavy atom. The summed E-state index contributed by atoms with van der Waals surface area (Å²) in [4.78, 5) is 17.3. The Balaban J connectivity index is 2.08. The second kappa shape index (κ2) is 5.66. The molecule has 4 heteroatoms. The van der Waals surface area contributed by atoms with Gasteiger partial charge in [0.05, 0.1) is 11.0 Å². The van der Waals surface area contributed by atoms with Crippen LogP contribution in [0.4, 0.5) is 5.69 Å². The van der Waals surface area contributed by atoms with E-state index in [1.54, 1.807) is 18.5 Å². The molecule has 0 radical (unpaired) electrons. The fourth-order valence-corrected chi connectivity index (χ4v) is 3.11. The molecule has 0 amide bonds. The van der Waals surface area contributed by atoms with Gasteiger partial charge < -0.3 is 11.1 Å². The van der Waals surface area contributed by atoms with Crippen molar-refractivity contribution in [2.75, 3.05) is 18.8 Å². The van der Waals surface area contributed by atoms with Crippen LogP contribution in [0.3, 0.4) is 0 Å². The molecule has 0 bridgehead atoms. The number of Topliss-reactive ketones (excluding diaryl/α,β-unsaturated/α-hetero) is 1. The zero-order valence-electron chi connectivity index (χ0n) is 11.9. The lowest BCUT2D eigenvalue weighted by Gasteiger charge is -2.37. The van der Waals surface area contributed by atoms with Crippen molar-refractivity contribution < 1.29 is 4.79 Å². The van der Waals surface area contributed by atoms with Gasteiger partial charge in [-0.3, -0.25) is 9.78 Å². The number of rotatable bonds is 3. The van der Waals surface area contributed by atoms with E-state index in [9.17, 15) is 4.79 Å². The van der Waals surface area contributed by atoms with Crippen molar-refractivity contribution in [1.82, 2.24) is 10.3 Å². The first kappa shape index (κ1) is 13.8. The third kappa shape index (κ3) is 2.43. The number of anilines is 1. The minimum Gasteiger partial charge on any atom is -0.398 e. The van der Waals surface area contributed by atoms with Crippen molar-refractivity contribution in [1.29, 1.82) is 0 Å². The van der Waals surface area contributed by atoms with Gasteiger partial charge in [0.1, 0.15) is 0 Å². The van der Waals surface area contributed by atoms with Crippen LogP contribution >= 0.6 is 0 Å². The van der Waals surface area contributed by atoms with Crippen LogP contribution in [0.25, 0.3) is 0 Å². The molecule has 0 aliphatic carbocycles. The maximum atomic E-state index is 13.2. The number of nitrogens with zero attached hydrogens (tertiary/aromatic N) is 1. The first-order valence-electron chi connectivity index (χ1n) is 7.24. The summed E-state index contributed by atoms with van der Waals surface area (Å²) < 4.78 is 0. The first-order chi connectivity index (χ1) is 10.2. The molecule has 1 fully saturated rings. The number of nitrogens with two attached hydrogens (primary N) is 1. The number of carbonyl (C=O) groups excluding carboxylic acids is 1. The van der Waals surface area contributed by atoms with Crippen LogP contribution in [-0.4, -0.2) is 23.9 Å². The van der Waals surface area contributed by atoms with E-state index in [0.29, 0.717) is 11.3 Å². The number of nitrogen functional groups attached to an aromatic ring is 1. The third-order valence-corrected chi connectivity index (χ3v) is 4.32. The van der Waals surface area contributed by atoms with E-state index in [2.05, 4.69) is 10.3 Å². The van der Waals surface area contributed by atoms with E-state index in [1.807, 2.05) is 30.3 Å². The van der Waals surface area contributed by atoms with Gasteiger partial charge in [-0.1, -0.05) is 30.3 Å². The first-order valence-corrected chi connectivity index (χ1v) is 7.24. The van der Waals surface area contributed by atoms with Crippen LogP contribution in [0.2, 0.25) is 0 Å². The summed E-state index contributed by atoms with van der Waals surface area (Å²) in [6, 6.07) is 11.7. The minimum atomic E-state index is -0.496. The second-order valence-corrected chi connectivity index (χ2v) is 5.49. The van der Waals surface area contributed by atoms with Crippen molar-refractivity contribution in [2.45, 2.75) is 18.3 Å². The Bertz CT molecular complexity index is 633. The van der Waals surface area contributed by atoms with Crippen LogP contribution in [0.1, 0.15) is 28.8 Å². The molecule has 0 atom stereocenters. The smallest absolute Gasteiger partial charge is 0.177 e. The van der Waals surface area contributed by atoms with Gasteiger partial charge in [-0.15, -0.1) is 0 Å². The zero-order valence-corrected chi connectivity index (χ0v) is 11.9. The molecule has 1 saturated heterocycles. The summed E-state index contributed by atoms with van der Waals surface area (Å²) in [5, 5.41) is 3.33. The normalized spacial score (nSPS) is 17.3. The number of hydrogen-bond donors (Lipinski definition) is 2. The molecule has 0 saturated carbocycles. The van der Waals surface area contributed by atoms with Crippen LogP contribution in [0.15, 0.2) is 48.8 Å². The van der Waals surface area contributed by atoms with E-state index in [-0.39, 0.29) is 5.78 Å². The summed E-state index contributed by atoms with van der Waals surface area (Å²) in [5.41, 5.74) is 7.60. The second-order valence-electron chi connectivity index (χ2n) is 5.49. The van der Waals surface area contributed by atoms with Gasteiger partial charge >= 0.3 is 0 Å². The van der Waals surface area contributed by atoms with Crippen molar-refractivity contribution in [2.24, 2.45) is 0 Å². The maximum absolute atomic E-state index is 13.2. The summed E-state index contributed by atoms with van der Waals surface area (Å²) in [5.74, 6) is 0.0841. The van der Waals surface area contributed by atoms with E-state index in [1.165, 1.54) is 0 Å². The molecule has 2 aromatic rings.